The Balaban J connectivity index is 2.05. The normalized spacial score (nSPS) is 11.0. The zero-order chi connectivity index (χ0) is 14.8. The molecule has 0 atom stereocenters. The van der Waals surface area contributed by atoms with Crippen LogP contribution in [0.1, 0.15) is 13.8 Å². The Morgan fingerprint density at radius 2 is 1.95 bits per heavy atom. The highest BCUT2D eigenvalue weighted by Crippen LogP contribution is 2.31. The summed E-state index contributed by atoms with van der Waals surface area (Å²) < 4.78 is 5.48. The third-order valence-corrected chi connectivity index (χ3v) is 3.85. The number of aromatic nitrogens is 2. The summed E-state index contributed by atoms with van der Waals surface area (Å²) in [6.45, 7) is 4.19. The summed E-state index contributed by atoms with van der Waals surface area (Å²) in [5, 5.41) is 7.25. The minimum Gasteiger partial charge on any atom is -0.496 e. The van der Waals surface area contributed by atoms with Gasteiger partial charge in [-0.15, -0.1) is 11.3 Å². The monoisotopic (exact) mass is 299 g/mol. The van der Waals surface area contributed by atoms with E-state index >= 15 is 0 Å². The molecule has 0 aliphatic rings. The molecule has 2 heterocycles. The van der Waals surface area contributed by atoms with Crippen molar-refractivity contribution in [1.82, 2.24) is 9.97 Å². The van der Waals surface area contributed by atoms with Crippen LogP contribution in [0.3, 0.4) is 0 Å². The van der Waals surface area contributed by atoms with Crippen LogP contribution in [-0.2, 0) is 0 Å². The Morgan fingerprint density at radius 1 is 1.14 bits per heavy atom. The molecule has 2 aromatic heterocycles. The van der Waals surface area contributed by atoms with Crippen molar-refractivity contribution in [3.63, 3.8) is 0 Å². The van der Waals surface area contributed by atoms with Gasteiger partial charge in [0.2, 0.25) is 0 Å². The van der Waals surface area contributed by atoms with Crippen LogP contribution in [0.5, 0.6) is 5.75 Å². The Bertz CT molecular complexity index is 767. The highest BCUT2D eigenvalue weighted by atomic mass is 32.1. The molecule has 1 aromatic carbocycles. The average Bonchev–Trinajstić information content (AvgIpc) is 2.93. The van der Waals surface area contributed by atoms with Crippen LogP contribution >= 0.6 is 11.3 Å². The van der Waals surface area contributed by atoms with E-state index in [0.717, 1.165) is 33.2 Å². The lowest BCUT2D eigenvalue weighted by atomic mass is 10.1. The minimum absolute atomic E-state index is 0.364. The van der Waals surface area contributed by atoms with Crippen LogP contribution in [0.4, 0.5) is 5.13 Å². The maximum absolute atomic E-state index is 5.48. The van der Waals surface area contributed by atoms with Crippen molar-refractivity contribution < 1.29 is 4.74 Å². The second-order valence-corrected chi connectivity index (χ2v) is 5.92. The largest absolute Gasteiger partial charge is 0.496 e. The Morgan fingerprint density at radius 3 is 2.71 bits per heavy atom. The predicted octanol–water partition coefficient (Wildman–Crippen LogP) is 4.19. The minimum atomic E-state index is 0.364. The number of nitrogens with one attached hydrogen (secondary N) is 1. The van der Waals surface area contributed by atoms with E-state index in [-0.39, 0.29) is 0 Å². The molecule has 0 aliphatic heterocycles. The van der Waals surface area contributed by atoms with Crippen molar-refractivity contribution in [2.24, 2.45) is 0 Å². The fourth-order valence-corrected chi connectivity index (χ4v) is 3.00. The topological polar surface area (TPSA) is 47.0 Å². The van der Waals surface area contributed by atoms with E-state index in [2.05, 4.69) is 29.1 Å². The average molecular weight is 299 g/mol. The van der Waals surface area contributed by atoms with Crippen LogP contribution in [0.25, 0.3) is 22.3 Å². The lowest BCUT2D eigenvalue weighted by molar-refractivity contribution is 0.419. The number of anilines is 1. The number of methoxy groups -OCH3 is 1. The van der Waals surface area contributed by atoms with Gasteiger partial charge in [-0.25, -0.2) is 9.97 Å². The third kappa shape index (κ3) is 2.83. The van der Waals surface area contributed by atoms with E-state index in [1.54, 1.807) is 18.4 Å². The fraction of sp³-hybridized carbons (Fsp3) is 0.250. The van der Waals surface area contributed by atoms with Crippen LogP contribution in [0.15, 0.2) is 35.7 Å². The Kier molecular flexibility index (Phi) is 3.75. The molecule has 0 spiro atoms. The highest BCUT2D eigenvalue weighted by molar-refractivity contribution is 7.14. The quantitative estimate of drug-likeness (QED) is 0.785. The van der Waals surface area contributed by atoms with Gasteiger partial charge in [0.25, 0.3) is 0 Å². The van der Waals surface area contributed by atoms with Gasteiger partial charge in [-0.3, -0.25) is 0 Å². The third-order valence-electron chi connectivity index (χ3n) is 3.08. The smallest absolute Gasteiger partial charge is 0.183 e. The second-order valence-electron chi connectivity index (χ2n) is 5.06. The molecule has 108 valence electrons. The lowest BCUT2D eigenvalue weighted by Gasteiger charge is -2.07. The molecule has 0 unspecified atom stereocenters. The number of para-hydroxylation sites is 1. The van der Waals surface area contributed by atoms with Crippen LogP contribution in [-0.4, -0.2) is 23.1 Å². The molecule has 5 heteroatoms. The summed E-state index contributed by atoms with van der Waals surface area (Å²) in [7, 11) is 1.68. The van der Waals surface area contributed by atoms with Crippen molar-refractivity contribution in [2.75, 3.05) is 12.4 Å². The number of nitrogens with zero attached hydrogens (tertiary/aromatic N) is 2. The summed E-state index contributed by atoms with van der Waals surface area (Å²) >= 11 is 1.59. The maximum Gasteiger partial charge on any atom is 0.183 e. The van der Waals surface area contributed by atoms with Gasteiger partial charge >= 0.3 is 0 Å². The van der Waals surface area contributed by atoms with E-state index in [9.17, 15) is 0 Å². The van der Waals surface area contributed by atoms with E-state index in [0.29, 0.717) is 6.04 Å². The number of hydrogen-bond acceptors (Lipinski definition) is 5. The zero-order valence-electron chi connectivity index (χ0n) is 12.3. The van der Waals surface area contributed by atoms with Crippen molar-refractivity contribution in [3.8, 4) is 17.1 Å². The number of fused-ring (bicyclic) bond motifs is 1. The van der Waals surface area contributed by atoms with E-state index < -0.39 is 0 Å². The van der Waals surface area contributed by atoms with E-state index in [1.165, 1.54) is 0 Å². The standard InChI is InChI=1S/C16H17N3OS/c1-10(2)17-16-19-14(9-21-16)13-8-15(20-3)11-6-4-5-7-12(11)18-13/h4-10H,1-3H3,(H,17,19). The number of ether oxygens (including phenoxy) is 1. The number of benzene rings is 1. The highest BCUT2D eigenvalue weighted by Gasteiger charge is 2.11. The molecule has 0 saturated heterocycles. The van der Waals surface area contributed by atoms with E-state index in [1.807, 2.05) is 35.7 Å². The molecule has 1 N–H and O–H groups in total. The number of rotatable bonds is 4. The number of hydrogen-bond donors (Lipinski definition) is 1. The van der Waals surface area contributed by atoms with Gasteiger partial charge in [0, 0.05) is 22.9 Å². The first-order valence-corrected chi connectivity index (χ1v) is 7.71. The van der Waals surface area contributed by atoms with Crippen LogP contribution in [0.2, 0.25) is 0 Å². The lowest BCUT2D eigenvalue weighted by Crippen LogP contribution is -2.09. The summed E-state index contributed by atoms with van der Waals surface area (Å²) in [4.78, 5) is 9.28. The summed E-state index contributed by atoms with van der Waals surface area (Å²) in [5.41, 5.74) is 2.61. The molecule has 21 heavy (non-hydrogen) atoms. The van der Waals surface area contributed by atoms with E-state index in [4.69, 9.17) is 4.74 Å². The predicted molar refractivity (Wildman–Crippen MR) is 88.2 cm³/mol. The Labute approximate surface area is 127 Å². The van der Waals surface area contributed by atoms with Crippen molar-refractivity contribution in [3.05, 3.63) is 35.7 Å². The zero-order valence-corrected chi connectivity index (χ0v) is 13.1. The molecule has 3 rings (SSSR count). The molecule has 0 aliphatic carbocycles. The first-order valence-electron chi connectivity index (χ1n) is 6.83. The van der Waals surface area contributed by atoms with Gasteiger partial charge in [0.05, 0.1) is 18.3 Å². The molecule has 0 radical (unpaired) electrons. The second kappa shape index (κ2) is 5.69. The molecule has 0 bridgehead atoms. The van der Waals surface area contributed by atoms with Crippen molar-refractivity contribution >= 4 is 27.4 Å². The molecule has 0 amide bonds. The van der Waals surface area contributed by atoms with Gasteiger partial charge in [0.15, 0.2) is 5.13 Å². The van der Waals surface area contributed by atoms with Crippen molar-refractivity contribution in [1.29, 1.82) is 0 Å². The van der Waals surface area contributed by atoms with Crippen LogP contribution in [0, 0.1) is 0 Å². The summed E-state index contributed by atoms with van der Waals surface area (Å²) in [6.07, 6.45) is 0. The first kappa shape index (κ1) is 13.8. The molecule has 0 fully saturated rings. The molecule has 0 saturated carbocycles. The van der Waals surface area contributed by atoms with Gasteiger partial charge in [-0.05, 0) is 26.0 Å². The molecular weight excluding hydrogens is 282 g/mol. The summed E-state index contributed by atoms with van der Waals surface area (Å²) in [6, 6.07) is 10.3. The Hall–Kier alpha value is -2.14. The maximum atomic E-state index is 5.48. The van der Waals surface area contributed by atoms with Crippen LogP contribution < -0.4 is 10.1 Å². The fourth-order valence-electron chi connectivity index (χ4n) is 2.15. The number of thiazole rings is 1. The van der Waals surface area contributed by atoms with Gasteiger partial charge in [0.1, 0.15) is 11.4 Å². The first-order chi connectivity index (χ1) is 10.2. The molecule has 4 nitrogen and oxygen atoms in total. The SMILES string of the molecule is COc1cc(-c2csc(NC(C)C)n2)nc2ccccc12. The van der Waals surface area contributed by atoms with Gasteiger partial charge in [-0.1, -0.05) is 12.1 Å². The van der Waals surface area contributed by atoms with Crippen molar-refractivity contribution in [2.45, 2.75) is 19.9 Å². The number of pyridine rings is 1. The van der Waals surface area contributed by atoms with Gasteiger partial charge < -0.3 is 10.1 Å². The molecule has 3 aromatic rings. The molecular formula is C16H17N3OS. The van der Waals surface area contributed by atoms with Gasteiger partial charge in [-0.2, -0.15) is 0 Å². The summed E-state index contributed by atoms with van der Waals surface area (Å²) in [5.74, 6) is 0.821.